The number of imidazole rings is 1. The highest BCUT2D eigenvalue weighted by molar-refractivity contribution is 7.98. The molecule has 0 radical (unpaired) electrons. The molecule has 0 amide bonds. The smallest absolute Gasteiger partial charge is 0.238 e. The van der Waals surface area contributed by atoms with Gasteiger partial charge in [-0.05, 0) is 36.8 Å². The van der Waals surface area contributed by atoms with Crippen LogP contribution in [0.5, 0.6) is 0 Å². The van der Waals surface area contributed by atoms with E-state index in [1.165, 1.54) is 12.1 Å². The maximum absolute atomic E-state index is 11.5. The summed E-state index contributed by atoms with van der Waals surface area (Å²) in [6.45, 7) is 2.91. The molecule has 0 bridgehead atoms. The molecular weight excluding hydrogens is 344 g/mol. The minimum Gasteiger partial charge on any atom is -0.319 e. The van der Waals surface area contributed by atoms with Crippen LogP contribution < -0.4 is 5.14 Å². The zero-order valence-electron chi connectivity index (χ0n) is 13.2. The van der Waals surface area contributed by atoms with Crippen molar-refractivity contribution < 1.29 is 8.42 Å². The summed E-state index contributed by atoms with van der Waals surface area (Å²) >= 11 is 1.59. The van der Waals surface area contributed by atoms with Crippen LogP contribution in [-0.2, 0) is 22.3 Å². The van der Waals surface area contributed by atoms with Gasteiger partial charge in [0.15, 0.2) is 5.16 Å². The van der Waals surface area contributed by atoms with Crippen molar-refractivity contribution in [2.75, 3.05) is 0 Å². The molecule has 24 heavy (non-hydrogen) atoms. The van der Waals surface area contributed by atoms with E-state index in [0.29, 0.717) is 11.3 Å². The molecule has 0 unspecified atom stereocenters. The SMILES string of the molecule is CCCn1c(SCc2ccccn2)nc2cc(S(N)(=O)=O)ccc21. The van der Waals surface area contributed by atoms with Gasteiger partial charge in [-0.25, -0.2) is 18.5 Å². The highest BCUT2D eigenvalue weighted by Crippen LogP contribution is 2.28. The van der Waals surface area contributed by atoms with Gasteiger partial charge in [0, 0.05) is 18.5 Å². The van der Waals surface area contributed by atoms with Crippen molar-refractivity contribution in [2.24, 2.45) is 5.14 Å². The Kier molecular flexibility index (Phi) is 4.88. The molecule has 0 atom stereocenters. The minimum absolute atomic E-state index is 0.0809. The lowest BCUT2D eigenvalue weighted by molar-refractivity contribution is 0.598. The third kappa shape index (κ3) is 3.61. The largest absolute Gasteiger partial charge is 0.319 e. The van der Waals surface area contributed by atoms with Gasteiger partial charge in [0.05, 0.1) is 21.6 Å². The third-order valence-corrected chi connectivity index (χ3v) is 5.46. The molecule has 3 rings (SSSR count). The number of nitrogens with two attached hydrogens (primary N) is 1. The predicted octanol–water partition coefficient (Wildman–Crippen LogP) is 2.78. The maximum atomic E-state index is 11.5. The van der Waals surface area contributed by atoms with Crippen molar-refractivity contribution in [3.05, 3.63) is 48.3 Å². The molecular formula is C16H18N4O2S2. The van der Waals surface area contributed by atoms with Gasteiger partial charge in [0.2, 0.25) is 10.0 Å². The van der Waals surface area contributed by atoms with Crippen molar-refractivity contribution in [3.63, 3.8) is 0 Å². The molecule has 0 fully saturated rings. The Morgan fingerprint density at radius 3 is 2.75 bits per heavy atom. The van der Waals surface area contributed by atoms with Gasteiger partial charge in [0.25, 0.3) is 0 Å². The second kappa shape index (κ2) is 6.92. The number of fused-ring (bicyclic) bond motifs is 1. The van der Waals surface area contributed by atoms with Crippen LogP contribution in [0, 0.1) is 0 Å². The number of primary sulfonamides is 1. The van der Waals surface area contributed by atoms with E-state index in [-0.39, 0.29) is 4.90 Å². The van der Waals surface area contributed by atoms with Crippen molar-refractivity contribution in [3.8, 4) is 0 Å². The molecule has 126 valence electrons. The molecule has 6 nitrogen and oxygen atoms in total. The molecule has 2 N–H and O–H groups in total. The van der Waals surface area contributed by atoms with E-state index in [4.69, 9.17) is 5.14 Å². The molecule has 3 aromatic rings. The summed E-state index contributed by atoms with van der Waals surface area (Å²) < 4.78 is 25.2. The Morgan fingerprint density at radius 1 is 1.25 bits per heavy atom. The summed E-state index contributed by atoms with van der Waals surface area (Å²) in [6.07, 6.45) is 2.73. The van der Waals surface area contributed by atoms with Crippen LogP contribution in [0.4, 0.5) is 0 Å². The molecule has 0 saturated heterocycles. The Bertz CT molecular complexity index is 953. The number of hydrogen-bond donors (Lipinski definition) is 1. The number of rotatable bonds is 6. The summed E-state index contributed by atoms with van der Waals surface area (Å²) in [4.78, 5) is 9.00. The van der Waals surface area contributed by atoms with Crippen LogP contribution in [0.2, 0.25) is 0 Å². The molecule has 0 aliphatic rings. The highest BCUT2D eigenvalue weighted by Gasteiger charge is 2.15. The first-order chi connectivity index (χ1) is 11.5. The summed E-state index contributed by atoms with van der Waals surface area (Å²) in [5, 5.41) is 6.06. The van der Waals surface area contributed by atoms with Gasteiger partial charge in [0.1, 0.15) is 0 Å². The van der Waals surface area contributed by atoms with Crippen molar-refractivity contribution >= 4 is 32.8 Å². The van der Waals surface area contributed by atoms with Crippen LogP contribution in [-0.4, -0.2) is 23.0 Å². The van der Waals surface area contributed by atoms with Gasteiger partial charge >= 0.3 is 0 Å². The van der Waals surface area contributed by atoms with Crippen molar-refractivity contribution in [1.82, 2.24) is 14.5 Å². The number of nitrogens with zero attached hydrogens (tertiary/aromatic N) is 3. The van der Waals surface area contributed by atoms with Crippen LogP contribution in [0.25, 0.3) is 11.0 Å². The van der Waals surface area contributed by atoms with Gasteiger partial charge < -0.3 is 4.57 Å². The number of benzene rings is 1. The van der Waals surface area contributed by atoms with E-state index in [2.05, 4.69) is 21.5 Å². The Balaban J connectivity index is 1.98. The summed E-state index contributed by atoms with van der Waals surface area (Å²) in [6, 6.07) is 10.6. The zero-order chi connectivity index (χ0) is 17.2. The fraction of sp³-hybridized carbons (Fsp3) is 0.250. The highest BCUT2D eigenvalue weighted by atomic mass is 32.2. The average molecular weight is 362 g/mol. The topological polar surface area (TPSA) is 90.9 Å². The third-order valence-electron chi connectivity index (χ3n) is 3.54. The first-order valence-electron chi connectivity index (χ1n) is 7.55. The normalized spacial score (nSPS) is 11.9. The van der Waals surface area contributed by atoms with E-state index in [1.807, 2.05) is 18.2 Å². The number of thioether (sulfide) groups is 1. The molecule has 2 heterocycles. The summed E-state index contributed by atoms with van der Waals surface area (Å²) in [5.74, 6) is 0.704. The van der Waals surface area contributed by atoms with Crippen LogP contribution in [0.15, 0.2) is 52.6 Å². The standard InChI is InChI=1S/C16H18N4O2S2/c1-2-9-20-15-7-6-13(24(17,21)22)10-14(15)19-16(20)23-11-12-5-3-4-8-18-12/h3-8,10H,2,9,11H2,1H3,(H2,17,21,22). The van der Waals surface area contributed by atoms with E-state index in [1.54, 1.807) is 24.0 Å². The van der Waals surface area contributed by atoms with E-state index >= 15 is 0 Å². The molecule has 1 aromatic carbocycles. The Hall–Kier alpha value is -1.90. The number of aryl methyl sites for hydroxylation is 1. The van der Waals surface area contributed by atoms with E-state index in [9.17, 15) is 8.42 Å². The van der Waals surface area contributed by atoms with Crippen molar-refractivity contribution in [2.45, 2.75) is 35.7 Å². The van der Waals surface area contributed by atoms with Crippen LogP contribution in [0.3, 0.4) is 0 Å². The van der Waals surface area contributed by atoms with E-state index < -0.39 is 10.0 Å². The first-order valence-corrected chi connectivity index (χ1v) is 10.1. The lowest BCUT2D eigenvalue weighted by atomic mass is 10.3. The lowest BCUT2D eigenvalue weighted by Crippen LogP contribution is -2.11. The summed E-state index contributed by atoms with van der Waals surface area (Å²) in [7, 11) is -3.73. The fourth-order valence-electron chi connectivity index (χ4n) is 2.44. The number of pyridine rings is 1. The van der Waals surface area contributed by atoms with Crippen molar-refractivity contribution in [1.29, 1.82) is 0 Å². The van der Waals surface area contributed by atoms with Crippen LogP contribution in [0.1, 0.15) is 19.0 Å². The number of hydrogen-bond acceptors (Lipinski definition) is 5. The van der Waals surface area contributed by atoms with Gasteiger partial charge in [-0.2, -0.15) is 0 Å². The zero-order valence-corrected chi connectivity index (χ0v) is 14.8. The predicted molar refractivity (Wildman–Crippen MR) is 95.2 cm³/mol. The molecule has 0 aliphatic carbocycles. The van der Waals surface area contributed by atoms with E-state index in [0.717, 1.165) is 29.3 Å². The molecule has 0 aliphatic heterocycles. The monoisotopic (exact) mass is 362 g/mol. The maximum Gasteiger partial charge on any atom is 0.238 e. The summed E-state index contributed by atoms with van der Waals surface area (Å²) in [5.41, 5.74) is 2.52. The molecule has 0 spiro atoms. The number of sulfonamides is 1. The molecule has 2 aromatic heterocycles. The number of aromatic nitrogens is 3. The average Bonchev–Trinajstić information content (AvgIpc) is 2.91. The second-order valence-electron chi connectivity index (χ2n) is 5.35. The quantitative estimate of drug-likeness (QED) is 0.681. The Morgan fingerprint density at radius 2 is 2.08 bits per heavy atom. The van der Waals surface area contributed by atoms with Gasteiger partial charge in [-0.1, -0.05) is 24.8 Å². The first kappa shape index (κ1) is 16.9. The van der Waals surface area contributed by atoms with Gasteiger partial charge in [-0.15, -0.1) is 0 Å². The fourth-order valence-corrected chi connectivity index (χ4v) is 3.93. The lowest BCUT2D eigenvalue weighted by Gasteiger charge is -2.07. The molecule has 8 heteroatoms. The molecule has 0 saturated carbocycles. The minimum atomic E-state index is -3.73. The Labute approximate surface area is 145 Å². The van der Waals surface area contributed by atoms with Gasteiger partial charge in [-0.3, -0.25) is 4.98 Å². The van der Waals surface area contributed by atoms with Crippen LogP contribution >= 0.6 is 11.8 Å². The second-order valence-corrected chi connectivity index (χ2v) is 7.86.